The van der Waals surface area contributed by atoms with Crippen LogP contribution >= 0.6 is 0 Å². The minimum Gasteiger partial charge on any atom is -0.345 e. The first kappa shape index (κ1) is 18.5. The molecule has 1 unspecified atom stereocenters. The summed E-state index contributed by atoms with van der Waals surface area (Å²) in [6.07, 6.45) is 7.78. The summed E-state index contributed by atoms with van der Waals surface area (Å²) in [5, 5.41) is 5.76. The molecule has 4 saturated carbocycles. The fourth-order valence-corrected chi connectivity index (χ4v) is 6.25. The van der Waals surface area contributed by atoms with E-state index in [0.29, 0.717) is 13.1 Å². The van der Waals surface area contributed by atoms with Crippen LogP contribution in [0.5, 0.6) is 0 Å². The van der Waals surface area contributed by atoms with E-state index in [1.54, 1.807) is 0 Å². The summed E-state index contributed by atoms with van der Waals surface area (Å²) in [4.78, 5) is 24.7. The molecule has 5 nitrogen and oxygen atoms in total. The molecule has 4 aliphatic carbocycles. The monoisotopic (exact) mass is 369 g/mol. The molecule has 4 fully saturated rings. The maximum absolute atomic E-state index is 12.4. The van der Waals surface area contributed by atoms with Crippen molar-refractivity contribution in [1.82, 2.24) is 10.6 Å². The van der Waals surface area contributed by atoms with Gasteiger partial charge in [0.05, 0.1) is 0 Å². The van der Waals surface area contributed by atoms with Crippen LogP contribution < -0.4 is 16.4 Å². The largest absolute Gasteiger partial charge is 0.345 e. The van der Waals surface area contributed by atoms with Crippen LogP contribution in [-0.4, -0.2) is 17.9 Å². The van der Waals surface area contributed by atoms with E-state index in [1.807, 2.05) is 24.3 Å². The zero-order valence-corrected chi connectivity index (χ0v) is 16.2. The van der Waals surface area contributed by atoms with Gasteiger partial charge in [0.2, 0.25) is 0 Å². The predicted molar refractivity (Wildman–Crippen MR) is 104 cm³/mol. The summed E-state index contributed by atoms with van der Waals surface area (Å²) < 4.78 is 0. The maximum atomic E-state index is 12.4. The number of hydrogen-bond donors (Lipinski definition) is 3. The van der Waals surface area contributed by atoms with Gasteiger partial charge in [0.1, 0.15) is 0 Å². The highest BCUT2D eigenvalue weighted by Crippen LogP contribution is 2.61. The van der Waals surface area contributed by atoms with Crippen molar-refractivity contribution in [3.63, 3.8) is 0 Å². The second-order valence-electron chi connectivity index (χ2n) is 9.18. The SMILES string of the molecule is CC(NC(=O)C(=O)NCc1cccc(CN)c1)C12CC3CC(CC(C3)C1)C2. The molecule has 4 N–H and O–H groups in total. The fourth-order valence-electron chi connectivity index (χ4n) is 6.25. The van der Waals surface area contributed by atoms with E-state index < -0.39 is 11.8 Å². The molecule has 0 saturated heterocycles. The fraction of sp³-hybridized carbons (Fsp3) is 0.636. The Morgan fingerprint density at radius 3 is 2.26 bits per heavy atom. The molecule has 0 heterocycles. The van der Waals surface area contributed by atoms with E-state index in [9.17, 15) is 9.59 Å². The van der Waals surface area contributed by atoms with Gasteiger partial charge in [0, 0.05) is 19.1 Å². The normalized spacial score (nSPS) is 32.1. The number of hydrogen-bond acceptors (Lipinski definition) is 3. The Morgan fingerprint density at radius 2 is 1.67 bits per heavy atom. The summed E-state index contributed by atoms with van der Waals surface area (Å²) in [6.45, 7) is 2.90. The number of nitrogens with two attached hydrogens (primary N) is 1. The van der Waals surface area contributed by atoms with Crippen molar-refractivity contribution < 1.29 is 9.59 Å². The summed E-state index contributed by atoms with van der Waals surface area (Å²) in [5.41, 5.74) is 7.83. The number of nitrogens with one attached hydrogen (secondary N) is 2. The van der Waals surface area contributed by atoms with Gasteiger partial charge in [0.25, 0.3) is 0 Å². The van der Waals surface area contributed by atoms with Crippen molar-refractivity contribution in [2.24, 2.45) is 28.9 Å². The molecule has 5 heteroatoms. The highest BCUT2D eigenvalue weighted by molar-refractivity contribution is 6.35. The van der Waals surface area contributed by atoms with Crippen LogP contribution in [0.25, 0.3) is 0 Å². The number of carbonyl (C=O) groups is 2. The van der Waals surface area contributed by atoms with E-state index in [0.717, 1.165) is 28.9 Å². The van der Waals surface area contributed by atoms with Crippen LogP contribution in [0.1, 0.15) is 56.6 Å². The molecule has 1 atom stereocenters. The van der Waals surface area contributed by atoms with Crippen molar-refractivity contribution in [2.45, 2.75) is 64.6 Å². The minimum absolute atomic E-state index is 0.0599. The van der Waals surface area contributed by atoms with Gasteiger partial charge < -0.3 is 16.4 Å². The molecular weight excluding hydrogens is 338 g/mol. The first-order chi connectivity index (χ1) is 13.0. The molecule has 0 aliphatic heterocycles. The van der Waals surface area contributed by atoms with Crippen molar-refractivity contribution >= 4 is 11.8 Å². The zero-order chi connectivity index (χ0) is 19.0. The Hall–Kier alpha value is -1.88. The molecule has 0 spiro atoms. The molecule has 27 heavy (non-hydrogen) atoms. The summed E-state index contributed by atoms with van der Waals surface area (Å²) in [7, 11) is 0. The van der Waals surface area contributed by atoms with Gasteiger partial charge in [-0.15, -0.1) is 0 Å². The third kappa shape index (κ3) is 3.75. The highest BCUT2D eigenvalue weighted by atomic mass is 16.2. The van der Waals surface area contributed by atoms with Crippen molar-refractivity contribution in [1.29, 1.82) is 0 Å². The number of rotatable bonds is 5. The van der Waals surface area contributed by atoms with Crippen LogP contribution in [0, 0.1) is 23.2 Å². The van der Waals surface area contributed by atoms with Crippen LogP contribution in [0.2, 0.25) is 0 Å². The van der Waals surface area contributed by atoms with Gasteiger partial charge in [-0.3, -0.25) is 9.59 Å². The third-order valence-corrected chi connectivity index (χ3v) is 7.24. The highest BCUT2D eigenvalue weighted by Gasteiger charge is 2.53. The molecule has 4 aliphatic rings. The molecule has 2 amide bonds. The van der Waals surface area contributed by atoms with Crippen LogP contribution in [0.4, 0.5) is 0 Å². The van der Waals surface area contributed by atoms with Gasteiger partial charge >= 0.3 is 11.8 Å². The Labute approximate surface area is 161 Å². The van der Waals surface area contributed by atoms with Crippen molar-refractivity contribution in [3.8, 4) is 0 Å². The molecule has 5 rings (SSSR count). The quantitative estimate of drug-likeness (QED) is 0.697. The molecule has 0 radical (unpaired) electrons. The topological polar surface area (TPSA) is 84.2 Å². The summed E-state index contributed by atoms with van der Waals surface area (Å²) >= 11 is 0. The summed E-state index contributed by atoms with van der Waals surface area (Å²) in [6, 6.07) is 7.81. The molecule has 146 valence electrons. The number of benzene rings is 1. The Morgan fingerprint density at radius 1 is 1.07 bits per heavy atom. The van der Waals surface area contributed by atoms with Gasteiger partial charge in [0.15, 0.2) is 0 Å². The Balaban J connectivity index is 1.32. The lowest BCUT2D eigenvalue weighted by atomic mass is 9.48. The standard InChI is InChI=1S/C22H31N3O2/c1-14(22-9-17-6-18(10-22)8-19(7-17)11-22)25-21(27)20(26)24-13-16-4-2-3-15(5-16)12-23/h2-5,14,17-19H,6-13,23H2,1H3,(H,24,26)(H,25,27). The van der Waals surface area contributed by atoms with E-state index in [2.05, 4.69) is 17.6 Å². The molecule has 4 bridgehead atoms. The Kier molecular flexibility index (Phi) is 4.97. The van der Waals surface area contributed by atoms with Gasteiger partial charge in [-0.1, -0.05) is 24.3 Å². The molecule has 0 aromatic heterocycles. The third-order valence-electron chi connectivity index (χ3n) is 7.24. The molecule has 1 aromatic rings. The van der Waals surface area contributed by atoms with Crippen LogP contribution in [0.15, 0.2) is 24.3 Å². The minimum atomic E-state index is -0.551. The number of carbonyl (C=O) groups excluding carboxylic acids is 2. The van der Waals surface area contributed by atoms with Gasteiger partial charge in [-0.05, 0) is 79.7 Å². The lowest BCUT2D eigenvalue weighted by molar-refractivity contribution is -0.141. The number of amides is 2. The zero-order valence-electron chi connectivity index (χ0n) is 16.2. The van der Waals surface area contributed by atoms with Crippen LogP contribution in [0.3, 0.4) is 0 Å². The first-order valence-corrected chi connectivity index (χ1v) is 10.3. The van der Waals surface area contributed by atoms with Crippen molar-refractivity contribution in [3.05, 3.63) is 35.4 Å². The Bertz CT molecular complexity index is 695. The maximum Gasteiger partial charge on any atom is 0.309 e. The molecular formula is C22H31N3O2. The lowest BCUT2D eigenvalue weighted by Crippen LogP contribution is -2.57. The van der Waals surface area contributed by atoms with E-state index >= 15 is 0 Å². The first-order valence-electron chi connectivity index (χ1n) is 10.3. The van der Waals surface area contributed by atoms with Gasteiger partial charge in [-0.25, -0.2) is 0 Å². The second-order valence-corrected chi connectivity index (χ2v) is 9.18. The smallest absolute Gasteiger partial charge is 0.309 e. The van der Waals surface area contributed by atoms with Crippen LogP contribution in [-0.2, 0) is 22.7 Å². The van der Waals surface area contributed by atoms with E-state index in [4.69, 9.17) is 5.73 Å². The van der Waals surface area contributed by atoms with E-state index in [-0.39, 0.29) is 11.5 Å². The molecule has 1 aromatic carbocycles. The summed E-state index contributed by atoms with van der Waals surface area (Å²) in [5.74, 6) is 1.44. The van der Waals surface area contributed by atoms with E-state index in [1.165, 1.54) is 38.5 Å². The second kappa shape index (κ2) is 7.27. The average molecular weight is 370 g/mol. The van der Waals surface area contributed by atoms with Gasteiger partial charge in [-0.2, -0.15) is 0 Å². The predicted octanol–water partition coefficient (Wildman–Crippen LogP) is 2.48. The average Bonchev–Trinajstić information content (AvgIpc) is 2.65. The lowest BCUT2D eigenvalue weighted by Gasteiger charge is -2.59. The van der Waals surface area contributed by atoms with Crippen molar-refractivity contribution in [2.75, 3.05) is 0 Å².